The molecule has 22 heavy (non-hydrogen) atoms. The van der Waals surface area contributed by atoms with Gasteiger partial charge in [-0.15, -0.1) is 0 Å². The van der Waals surface area contributed by atoms with Gasteiger partial charge in [0.2, 0.25) is 0 Å². The van der Waals surface area contributed by atoms with E-state index in [4.69, 9.17) is 9.15 Å². The van der Waals surface area contributed by atoms with Crippen molar-refractivity contribution in [3.63, 3.8) is 0 Å². The lowest BCUT2D eigenvalue weighted by Gasteiger charge is -2.34. The normalized spacial score (nSPS) is 17.3. The molecule has 0 aliphatic carbocycles. The van der Waals surface area contributed by atoms with Gasteiger partial charge in [0, 0.05) is 24.2 Å². The number of rotatable bonds is 3. The Kier molecular flexibility index (Phi) is 3.96. The Balaban J connectivity index is 1.84. The van der Waals surface area contributed by atoms with E-state index >= 15 is 0 Å². The smallest absolute Gasteiger partial charge is 0.336 e. The molecule has 1 amide bonds. The summed E-state index contributed by atoms with van der Waals surface area (Å²) in [5, 5.41) is 6.88. The van der Waals surface area contributed by atoms with E-state index in [-0.39, 0.29) is 5.91 Å². The van der Waals surface area contributed by atoms with Crippen LogP contribution < -0.4 is 16.3 Å². The maximum absolute atomic E-state index is 12.6. The summed E-state index contributed by atoms with van der Waals surface area (Å²) in [6.07, 6.45) is 1.27. The maximum atomic E-state index is 12.6. The summed E-state index contributed by atoms with van der Waals surface area (Å²) >= 11 is 0. The van der Waals surface area contributed by atoms with E-state index in [1.54, 1.807) is 31.4 Å². The van der Waals surface area contributed by atoms with Crippen LogP contribution in [0.15, 0.2) is 39.5 Å². The standard InChI is InChI=1S/C16H18N2O4/c1-21-16(6-8-17-9-7-16)15(20)18-12-3-4-13-11(10-12)2-5-14(19)22-13/h2-5,10,17H,6-9H2,1H3,(H,18,20). The molecule has 0 atom stereocenters. The van der Waals surface area contributed by atoms with Crippen LogP contribution in [0, 0.1) is 0 Å². The molecule has 1 aliphatic rings. The minimum Gasteiger partial charge on any atom is -0.423 e. The second kappa shape index (κ2) is 5.90. The topological polar surface area (TPSA) is 80.6 Å². The molecular weight excluding hydrogens is 284 g/mol. The van der Waals surface area contributed by atoms with Crippen LogP contribution in [0.4, 0.5) is 5.69 Å². The molecule has 2 aromatic rings. The van der Waals surface area contributed by atoms with Crippen molar-refractivity contribution in [1.29, 1.82) is 0 Å². The predicted octanol–water partition coefficient (Wildman–Crippen LogP) is 1.50. The lowest BCUT2D eigenvalue weighted by atomic mass is 9.91. The molecule has 116 valence electrons. The minimum atomic E-state index is -0.788. The Morgan fingerprint density at radius 3 is 2.77 bits per heavy atom. The van der Waals surface area contributed by atoms with Gasteiger partial charge in [0.05, 0.1) is 0 Å². The van der Waals surface area contributed by atoms with Gasteiger partial charge in [0.15, 0.2) is 0 Å². The Bertz CT molecular complexity index is 747. The number of benzene rings is 1. The number of carbonyl (C=O) groups excluding carboxylic acids is 1. The molecule has 1 aromatic heterocycles. The zero-order chi connectivity index (χ0) is 15.6. The highest BCUT2D eigenvalue weighted by Gasteiger charge is 2.39. The molecule has 0 radical (unpaired) electrons. The molecule has 0 unspecified atom stereocenters. The fraction of sp³-hybridized carbons (Fsp3) is 0.375. The van der Waals surface area contributed by atoms with Gasteiger partial charge >= 0.3 is 5.63 Å². The lowest BCUT2D eigenvalue weighted by Crippen LogP contribution is -2.51. The van der Waals surface area contributed by atoms with Crippen molar-refractivity contribution in [2.75, 3.05) is 25.5 Å². The summed E-state index contributed by atoms with van der Waals surface area (Å²) in [5.41, 5.74) is -0.0313. The van der Waals surface area contributed by atoms with E-state index in [2.05, 4.69) is 10.6 Å². The first-order chi connectivity index (χ1) is 10.6. The zero-order valence-electron chi connectivity index (χ0n) is 12.3. The van der Waals surface area contributed by atoms with Crippen molar-refractivity contribution in [2.45, 2.75) is 18.4 Å². The summed E-state index contributed by atoms with van der Waals surface area (Å²) in [7, 11) is 1.57. The number of methoxy groups -OCH3 is 1. The number of fused-ring (bicyclic) bond motifs is 1. The predicted molar refractivity (Wildman–Crippen MR) is 83.0 cm³/mol. The van der Waals surface area contributed by atoms with Crippen molar-refractivity contribution in [1.82, 2.24) is 5.32 Å². The zero-order valence-corrected chi connectivity index (χ0v) is 12.3. The van der Waals surface area contributed by atoms with E-state index < -0.39 is 11.2 Å². The van der Waals surface area contributed by atoms with Gasteiger partial charge in [-0.3, -0.25) is 4.79 Å². The fourth-order valence-electron chi connectivity index (χ4n) is 2.75. The van der Waals surface area contributed by atoms with Crippen molar-refractivity contribution in [3.8, 4) is 0 Å². The summed E-state index contributed by atoms with van der Waals surface area (Å²) in [6, 6.07) is 8.20. The summed E-state index contributed by atoms with van der Waals surface area (Å²) < 4.78 is 10.6. The number of ether oxygens (including phenoxy) is 1. The third-order valence-electron chi connectivity index (χ3n) is 4.09. The van der Waals surface area contributed by atoms with Crippen molar-refractivity contribution in [3.05, 3.63) is 40.8 Å². The van der Waals surface area contributed by atoms with Crippen LogP contribution in [0.3, 0.4) is 0 Å². The van der Waals surface area contributed by atoms with Crippen molar-refractivity contribution >= 4 is 22.6 Å². The van der Waals surface area contributed by atoms with Gasteiger partial charge in [-0.05, 0) is 50.2 Å². The molecule has 0 bridgehead atoms. The average molecular weight is 302 g/mol. The Morgan fingerprint density at radius 2 is 2.05 bits per heavy atom. The highest BCUT2D eigenvalue weighted by Crippen LogP contribution is 2.25. The molecule has 1 aromatic carbocycles. The quantitative estimate of drug-likeness (QED) is 0.840. The third-order valence-corrected chi connectivity index (χ3v) is 4.09. The van der Waals surface area contributed by atoms with Crippen LogP contribution in [-0.4, -0.2) is 31.7 Å². The molecule has 1 fully saturated rings. The molecule has 0 saturated carbocycles. The molecule has 1 saturated heterocycles. The molecular formula is C16H18N2O4. The van der Waals surface area contributed by atoms with Crippen molar-refractivity contribution in [2.24, 2.45) is 0 Å². The van der Waals surface area contributed by atoms with Gasteiger partial charge in [0.25, 0.3) is 5.91 Å². The molecule has 6 heteroatoms. The van der Waals surface area contributed by atoms with E-state index in [1.807, 2.05) is 0 Å². The van der Waals surface area contributed by atoms with Gasteiger partial charge in [-0.2, -0.15) is 0 Å². The molecule has 6 nitrogen and oxygen atoms in total. The Morgan fingerprint density at radius 1 is 1.27 bits per heavy atom. The van der Waals surface area contributed by atoms with E-state index in [0.717, 1.165) is 18.5 Å². The van der Waals surface area contributed by atoms with Crippen LogP contribution in [0.5, 0.6) is 0 Å². The molecule has 2 N–H and O–H groups in total. The lowest BCUT2D eigenvalue weighted by molar-refractivity contribution is -0.140. The maximum Gasteiger partial charge on any atom is 0.336 e. The van der Waals surface area contributed by atoms with Crippen LogP contribution in [-0.2, 0) is 9.53 Å². The highest BCUT2D eigenvalue weighted by molar-refractivity contribution is 5.98. The van der Waals surface area contributed by atoms with E-state index in [1.165, 1.54) is 6.07 Å². The fourth-order valence-corrected chi connectivity index (χ4v) is 2.75. The third kappa shape index (κ3) is 2.75. The van der Waals surface area contributed by atoms with Crippen LogP contribution >= 0.6 is 0 Å². The largest absolute Gasteiger partial charge is 0.423 e. The van der Waals surface area contributed by atoms with Gasteiger partial charge in [-0.25, -0.2) is 4.79 Å². The number of hydrogen-bond acceptors (Lipinski definition) is 5. The van der Waals surface area contributed by atoms with E-state index in [9.17, 15) is 9.59 Å². The average Bonchev–Trinajstić information content (AvgIpc) is 2.55. The SMILES string of the molecule is COC1(C(=O)Nc2ccc3oc(=O)ccc3c2)CCNCC1. The number of nitrogens with one attached hydrogen (secondary N) is 2. The van der Waals surface area contributed by atoms with E-state index in [0.29, 0.717) is 24.1 Å². The Hall–Kier alpha value is -2.18. The minimum absolute atomic E-state index is 0.145. The van der Waals surface area contributed by atoms with Gasteiger partial charge in [-0.1, -0.05) is 0 Å². The second-order valence-electron chi connectivity index (χ2n) is 5.41. The number of piperidine rings is 1. The monoisotopic (exact) mass is 302 g/mol. The van der Waals surface area contributed by atoms with Crippen LogP contribution in [0.25, 0.3) is 11.0 Å². The number of carbonyl (C=O) groups is 1. The molecule has 3 rings (SSSR count). The van der Waals surface area contributed by atoms with Crippen LogP contribution in [0.1, 0.15) is 12.8 Å². The summed E-state index contributed by atoms with van der Waals surface area (Å²) in [5.74, 6) is -0.145. The van der Waals surface area contributed by atoms with Crippen LogP contribution in [0.2, 0.25) is 0 Å². The first kappa shape index (κ1) is 14.7. The number of hydrogen-bond donors (Lipinski definition) is 2. The highest BCUT2D eigenvalue weighted by atomic mass is 16.5. The number of anilines is 1. The van der Waals surface area contributed by atoms with Crippen molar-refractivity contribution < 1.29 is 13.9 Å². The Labute approximate surface area is 127 Å². The molecule has 1 aliphatic heterocycles. The number of amides is 1. The summed E-state index contributed by atoms with van der Waals surface area (Å²) in [4.78, 5) is 23.7. The second-order valence-corrected chi connectivity index (χ2v) is 5.41. The molecule has 2 heterocycles. The first-order valence-electron chi connectivity index (χ1n) is 7.24. The van der Waals surface area contributed by atoms with Gasteiger partial charge in [0.1, 0.15) is 11.2 Å². The first-order valence-corrected chi connectivity index (χ1v) is 7.24. The molecule has 0 spiro atoms. The van der Waals surface area contributed by atoms with Gasteiger partial charge < -0.3 is 19.8 Å². The summed E-state index contributed by atoms with van der Waals surface area (Å²) in [6.45, 7) is 1.51.